The van der Waals surface area contributed by atoms with Gasteiger partial charge in [0.15, 0.2) is 0 Å². The summed E-state index contributed by atoms with van der Waals surface area (Å²) in [6, 6.07) is 0. The highest BCUT2D eigenvalue weighted by Crippen LogP contribution is 2.37. The summed E-state index contributed by atoms with van der Waals surface area (Å²) in [7, 11) is 1.94. The Hall–Kier alpha value is -1.25. The molecular weight excluding hydrogens is 328 g/mol. The summed E-state index contributed by atoms with van der Waals surface area (Å²) in [5.41, 5.74) is 0.873. The van der Waals surface area contributed by atoms with Gasteiger partial charge in [-0.25, -0.2) is 0 Å². The monoisotopic (exact) mass is 342 g/mol. The quantitative estimate of drug-likeness (QED) is 0.622. The lowest BCUT2D eigenvalue weighted by Crippen LogP contribution is -2.33. The zero-order valence-corrected chi connectivity index (χ0v) is 14.0. The Morgan fingerprint density at radius 1 is 1.52 bits per heavy atom. The predicted octanol–water partition coefficient (Wildman–Crippen LogP) is 2.59. The van der Waals surface area contributed by atoms with Crippen LogP contribution in [0.3, 0.4) is 0 Å². The lowest BCUT2D eigenvalue weighted by Gasteiger charge is -2.12. The Bertz CT molecular complexity index is 595. The molecule has 112 valence electrons. The molecule has 0 spiro atoms. The Labute approximate surface area is 136 Å². The number of allylic oxidation sites excluding steroid dienone is 2. The van der Waals surface area contributed by atoms with E-state index >= 15 is 0 Å². The third-order valence-electron chi connectivity index (χ3n) is 2.93. The van der Waals surface area contributed by atoms with Crippen molar-refractivity contribution < 1.29 is 14.7 Å². The second-order valence-electron chi connectivity index (χ2n) is 4.36. The maximum atomic E-state index is 12.3. The zero-order valence-electron chi connectivity index (χ0n) is 11.5. The van der Waals surface area contributed by atoms with Crippen LogP contribution in [0.1, 0.15) is 13.3 Å². The van der Waals surface area contributed by atoms with Gasteiger partial charge in [-0.3, -0.25) is 14.5 Å². The van der Waals surface area contributed by atoms with E-state index in [-0.39, 0.29) is 5.91 Å². The summed E-state index contributed by atoms with van der Waals surface area (Å²) in [4.78, 5) is 26.8. The third-order valence-corrected chi connectivity index (χ3v) is 5.35. The largest absolute Gasteiger partial charge is 0.480 e. The standard InChI is InChI=1S/C13H14N2O3S3/c1-3-8(6-9-14(2)4-5-20-9)11-12(18)15(7-10(16)17)13(19)21-11/h4-6H,3,7H2,1-2H3,(H,16,17). The first-order valence-corrected chi connectivity index (χ1v) is 8.31. The molecule has 1 saturated heterocycles. The zero-order chi connectivity index (χ0) is 15.6. The molecule has 0 aliphatic carbocycles. The molecule has 2 aliphatic rings. The molecule has 2 rings (SSSR count). The molecule has 0 unspecified atom stereocenters. The van der Waals surface area contributed by atoms with Crippen LogP contribution in [-0.4, -0.2) is 44.7 Å². The number of nitrogens with zero attached hydrogens (tertiary/aromatic N) is 2. The molecule has 2 aliphatic heterocycles. The van der Waals surface area contributed by atoms with Gasteiger partial charge >= 0.3 is 5.97 Å². The number of rotatable bonds is 4. The number of carboxylic acids is 1. The Balaban J connectivity index is 2.31. The van der Waals surface area contributed by atoms with E-state index in [1.54, 1.807) is 11.8 Å². The van der Waals surface area contributed by atoms with Crippen molar-refractivity contribution in [1.82, 2.24) is 9.80 Å². The number of carbonyl (C=O) groups excluding carboxylic acids is 1. The number of aliphatic carboxylic acids is 1. The highest BCUT2D eigenvalue weighted by Gasteiger charge is 2.35. The lowest BCUT2D eigenvalue weighted by molar-refractivity contribution is -0.140. The molecule has 1 N–H and O–H groups in total. The van der Waals surface area contributed by atoms with Gasteiger partial charge in [-0.15, -0.1) is 0 Å². The fraction of sp³-hybridized carbons (Fsp3) is 0.308. The molecule has 1 amide bonds. The summed E-state index contributed by atoms with van der Waals surface area (Å²) < 4.78 is 0.298. The van der Waals surface area contributed by atoms with E-state index < -0.39 is 12.5 Å². The summed E-state index contributed by atoms with van der Waals surface area (Å²) in [5.74, 6) is -1.39. The number of carbonyl (C=O) groups is 2. The smallest absolute Gasteiger partial charge is 0.323 e. The average Bonchev–Trinajstić information content (AvgIpc) is 2.94. The van der Waals surface area contributed by atoms with Crippen LogP contribution in [0.2, 0.25) is 0 Å². The number of carboxylic acid groups (broad SMARTS) is 1. The van der Waals surface area contributed by atoms with Gasteiger partial charge in [0.25, 0.3) is 5.91 Å². The van der Waals surface area contributed by atoms with E-state index in [9.17, 15) is 9.59 Å². The highest BCUT2D eigenvalue weighted by atomic mass is 32.2. The second kappa shape index (κ2) is 6.67. The number of thioether (sulfide) groups is 2. The van der Waals surface area contributed by atoms with Gasteiger partial charge in [0, 0.05) is 13.2 Å². The molecule has 8 heteroatoms. The molecule has 0 saturated carbocycles. The van der Waals surface area contributed by atoms with Gasteiger partial charge in [0.2, 0.25) is 0 Å². The summed E-state index contributed by atoms with van der Waals surface area (Å²) in [6.45, 7) is 1.57. The van der Waals surface area contributed by atoms with Crippen LogP contribution in [0.15, 0.2) is 33.2 Å². The highest BCUT2D eigenvalue weighted by molar-refractivity contribution is 8.26. The molecule has 0 bridgehead atoms. The van der Waals surface area contributed by atoms with Crippen LogP contribution in [-0.2, 0) is 9.59 Å². The fourth-order valence-corrected chi connectivity index (χ4v) is 4.01. The molecule has 0 aromatic carbocycles. The first kappa shape index (κ1) is 16.1. The predicted molar refractivity (Wildman–Crippen MR) is 89.4 cm³/mol. The first-order chi connectivity index (χ1) is 9.93. The topological polar surface area (TPSA) is 60.9 Å². The van der Waals surface area contributed by atoms with E-state index in [0.29, 0.717) is 15.6 Å². The number of hydrogen-bond acceptors (Lipinski definition) is 6. The minimum Gasteiger partial charge on any atom is -0.480 e. The summed E-state index contributed by atoms with van der Waals surface area (Å²) in [5, 5.41) is 11.8. The fourth-order valence-electron chi connectivity index (χ4n) is 1.83. The van der Waals surface area contributed by atoms with Crippen molar-refractivity contribution >= 4 is 51.9 Å². The molecule has 0 atom stereocenters. The SMILES string of the molecule is CCC(C=C1SC=CN1C)=C1SC(=S)N(CC(=O)O)C1=O. The molecular formula is C13H14N2O3S3. The van der Waals surface area contributed by atoms with Crippen LogP contribution >= 0.6 is 35.7 Å². The van der Waals surface area contributed by atoms with Crippen molar-refractivity contribution in [2.75, 3.05) is 13.6 Å². The molecule has 2 heterocycles. The first-order valence-electron chi connectivity index (χ1n) is 6.20. The van der Waals surface area contributed by atoms with Crippen molar-refractivity contribution in [3.8, 4) is 0 Å². The van der Waals surface area contributed by atoms with E-state index in [2.05, 4.69) is 0 Å². The van der Waals surface area contributed by atoms with Gasteiger partial charge in [-0.2, -0.15) is 0 Å². The van der Waals surface area contributed by atoms with Gasteiger partial charge in [0.05, 0.1) is 9.93 Å². The molecule has 0 aromatic heterocycles. The number of hydrogen-bond donors (Lipinski definition) is 1. The molecule has 1 fully saturated rings. The molecule has 5 nitrogen and oxygen atoms in total. The average molecular weight is 342 g/mol. The van der Waals surface area contributed by atoms with Crippen molar-refractivity contribution in [2.45, 2.75) is 13.3 Å². The number of amides is 1. The summed E-state index contributed by atoms with van der Waals surface area (Å²) >= 11 is 7.86. The van der Waals surface area contributed by atoms with Crippen LogP contribution in [0.4, 0.5) is 0 Å². The second-order valence-corrected chi connectivity index (χ2v) is 6.93. The normalized spacial score (nSPS) is 22.7. The maximum absolute atomic E-state index is 12.3. The molecule has 21 heavy (non-hydrogen) atoms. The van der Waals surface area contributed by atoms with Crippen molar-refractivity contribution in [1.29, 1.82) is 0 Å². The van der Waals surface area contributed by atoms with E-state index in [4.69, 9.17) is 17.3 Å². The van der Waals surface area contributed by atoms with Gasteiger partial charge in [-0.1, -0.05) is 42.7 Å². The van der Waals surface area contributed by atoms with Crippen LogP contribution in [0.5, 0.6) is 0 Å². The maximum Gasteiger partial charge on any atom is 0.323 e. The van der Waals surface area contributed by atoms with E-state index in [1.165, 1.54) is 11.8 Å². The minimum atomic E-state index is -1.07. The Morgan fingerprint density at radius 2 is 2.24 bits per heavy atom. The van der Waals surface area contributed by atoms with E-state index in [0.717, 1.165) is 15.5 Å². The Morgan fingerprint density at radius 3 is 2.76 bits per heavy atom. The van der Waals surface area contributed by atoms with E-state index in [1.807, 2.05) is 36.6 Å². The minimum absolute atomic E-state index is 0.298. The van der Waals surface area contributed by atoms with Crippen LogP contribution in [0.25, 0.3) is 0 Å². The van der Waals surface area contributed by atoms with Gasteiger partial charge in [-0.05, 0) is 23.5 Å². The van der Waals surface area contributed by atoms with Crippen molar-refractivity contribution in [3.05, 3.63) is 33.2 Å². The van der Waals surface area contributed by atoms with Gasteiger partial charge < -0.3 is 10.0 Å². The Kier molecular flexibility index (Phi) is 5.13. The lowest BCUT2D eigenvalue weighted by atomic mass is 10.1. The summed E-state index contributed by atoms with van der Waals surface area (Å²) in [6.07, 6.45) is 4.58. The number of thiocarbonyl (C=S) groups is 1. The van der Waals surface area contributed by atoms with Crippen molar-refractivity contribution in [2.24, 2.45) is 0 Å². The van der Waals surface area contributed by atoms with Crippen LogP contribution < -0.4 is 0 Å². The third kappa shape index (κ3) is 3.50. The van der Waals surface area contributed by atoms with Crippen LogP contribution in [0, 0.1) is 0 Å². The van der Waals surface area contributed by atoms with Gasteiger partial charge in [0.1, 0.15) is 10.9 Å². The van der Waals surface area contributed by atoms with Crippen molar-refractivity contribution in [3.63, 3.8) is 0 Å². The molecule has 0 radical (unpaired) electrons. The molecule has 0 aromatic rings.